The Morgan fingerprint density at radius 3 is 2.27 bits per heavy atom. The average Bonchev–Trinajstić information content (AvgIpc) is 2.46. The summed E-state index contributed by atoms with van der Waals surface area (Å²) in [7, 11) is -1.74. The molecule has 0 radical (unpaired) electrons. The van der Waals surface area contributed by atoms with E-state index in [-0.39, 0.29) is 5.56 Å². The maximum absolute atomic E-state index is 14.5. The van der Waals surface area contributed by atoms with Gasteiger partial charge < -0.3 is 4.74 Å². The highest BCUT2D eigenvalue weighted by Gasteiger charge is 2.42. The van der Waals surface area contributed by atoms with Crippen LogP contribution in [0.15, 0.2) is 22.7 Å². The molecule has 0 saturated heterocycles. The molecule has 0 heterocycles. The lowest BCUT2D eigenvalue weighted by Crippen LogP contribution is -2.51. The van der Waals surface area contributed by atoms with Crippen LogP contribution in [0.25, 0.3) is 0 Å². The fourth-order valence-electron chi connectivity index (χ4n) is 2.15. The van der Waals surface area contributed by atoms with Gasteiger partial charge in [0, 0.05) is 10.0 Å². The standard InChI is InChI=1S/C18H26BrF2NO3S/c1-16(2,3)25-15(23)10-18(11-20,22-26(24)17(4,5)6)13-9-12(19)7-8-14(13)21/h7-9,22H,10-11H2,1-6H3/t18-,26+/m1/s1. The molecule has 148 valence electrons. The molecule has 1 rings (SSSR count). The zero-order chi connectivity index (χ0) is 20.3. The summed E-state index contributed by atoms with van der Waals surface area (Å²) in [4.78, 5) is 12.4. The molecule has 0 aromatic heterocycles. The third-order valence-corrected chi connectivity index (χ3v) is 5.56. The van der Waals surface area contributed by atoms with Crippen LogP contribution in [0.1, 0.15) is 53.5 Å². The van der Waals surface area contributed by atoms with Crippen LogP contribution >= 0.6 is 15.9 Å². The Hall–Kier alpha value is -0.860. The summed E-state index contributed by atoms with van der Waals surface area (Å²) in [5.74, 6) is -1.42. The monoisotopic (exact) mass is 453 g/mol. The lowest BCUT2D eigenvalue weighted by atomic mass is 9.88. The molecular weight excluding hydrogens is 428 g/mol. The van der Waals surface area contributed by atoms with Crippen molar-refractivity contribution in [1.82, 2.24) is 4.72 Å². The lowest BCUT2D eigenvalue weighted by Gasteiger charge is -2.35. The van der Waals surface area contributed by atoms with Crippen molar-refractivity contribution >= 4 is 32.9 Å². The number of halogens is 3. The van der Waals surface area contributed by atoms with E-state index in [4.69, 9.17) is 4.74 Å². The summed E-state index contributed by atoms with van der Waals surface area (Å²) in [6.45, 7) is 9.01. The molecule has 4 nitrogen and oxygen atoms in total. The van der Waals surface area contributed by atoms with Crippen molar-refractivity contribution in [3.05, 3.63) is 34.1 Å². The van der Waals surface area contributed by atoms with Crippen LogP contribution in [0.5, 0.6) is 0 Å². The van der Waals surface area contributed by atoms with E-state index in [1.807, 2.05) is 0 Å². The maximum atomic E-state index is 14.5. The van der Waals surface area contributed by atoms with E-state index in [2.05, 4.69) is 20.7 Å². The van der Waals surface area contributed by atoms with Crippen molar-refractivity contribution in [2.24, 2.45) is 0 Å². The van der Waals surface area contributed by atoms with E-state index in [0.717, 1.165) is 0 Å². The van der Waals surface area contributed by atoms with Crippen LogP contribution in [0.3, 0.4) is 0 Å². The quantitative estimate of drug-likeness (QED) is 0.643. The second-order valence-corrected chi connectivity index (χ2v) is 11.0. The van der Waals surface area contributed by atoms with Crippen molar-refractivity contribution in [2.75, 3.05) is 6.67 Å². The van der Waals surface area contributed by atoms with Crippen molar-refractivity contribution in [1.29, 1.82) is 0 Å². The van der Waals surface area contributed by atoms with Gasteiger partial charge in [-0.25, -0.2) is 17.7 Å². The molecule has 0 unspecified atom stereocenters. The predicted molar refractivity (Wildman–Crippen MR) is 103 cm³/mol. The van der Waals surface area contributed by atoms with Crippen LogP contribution in [-0.2, 0) is 26.1 Å². The summed E-state index contributed by atoms with van der Waals surface area (Å²) in [5.41, 5.74) is -2.68. The molecule has 0 bridgehead atoms. The SMILES string of the molecule is CC(C)(C)OC(=O)C[C@](CF)(N[S@@](=O)C(C)(C)C)c1cc(Br)ccc1F. The first-order valence-corrected chi connectivity index (χ1v) is 10.1. The number of carbonyl (C=O) groups is 1. The molecule has 8 heteroatoms. The van der Waals surface area contributed by atoms with Gasteiger partial charge in [-0.2, -0.15) is 0 Å². The van der Waals surface area contributed by atoms with Gasteiger partial charge >= 0.3 is 5.97 Å². The van der Waals surface area contributed by atoms with E-state index in [1.165, 1.54) is 18.2 Å². The van der Waals surface area contributed by atoms with Gasteiger partial charge in [0.05, 0.1) is 27.7 Å². The third kappa shape index (κ3) is 6.39. The minimum absolute atomic E-state index is 0.0853. The number of ether oxygens (including phenoxy) is 1. The molecule has 0 aliphatic heterocycles. The predicted octanol–water partition coefficient (Wildman–Crippen LogP) is 4.54. The van der Waals surface area contributed by atoms with Crippen LogP contribution in [0.2, 0.25) is 0 Å². The van der Waals surface area contributed by atoms with Gasteiger partial charge in [-0.3, -0.25) is 4.79 Å². The normalized spacial score (nSPS) is 16.0. The first-order chi connectivity index (χ1) is 11.7. The molecule has 1 aromatic rings. The molecule has 0 aliphatic carbocycles. The fourth-order valence-corrected chi connectivity index (χ4v) is 3.41. The Labute approximate surface area is 164 Å². The Morgan fingerprint density at radius 2 is 1.81 bits per heavy atom. The van der Waals surface area contributed by atoms with Crippen molar-refractivity contribution in [3.8, 4) is 0 Å². The third-order valence-electron chi connectivity index (χ3n) is 3.38. The number of alkyl halides is 1. The van der Waals surface area contributed by atoms with E-state index >= 15 is 0 Å². The fraction of sp³-hybridized carbons (Fsp3) is 0.611. The summed E-state index contributed by atoms with van der Waals surface area (Å²) in [5, 5.41) is 0. The molecule has 2 atom stereocenters. The molecule has 0 fully saturated rings. The second-order valence-electron chi connectivity index (χ2n) is 8.09. The maximum Gasteiger partial charge on any atom is 0.308 e. The second kappa shape index (κ2) is 8.44. The summed E-state index contributed by atoms with van der Waals surface area (Å²) in [6, 6.07) is 4.02. The van der Waals surface area contributed by atoms with E-state index in [0.29, 0.717) is 4.47 Å². The molecule has 1 N–H and O–H groups in total. The highest BCUT2D eigenvalue weighted by atomic mass is 79.9. The minimum Gasteiger partial charge on any atom is -0.460 e. The number of hydrogen-bond donors (Lipinski definition) is 1. The van der Waals surface area contributed by atoms with Crippen LogP contribution in [0.4, 0.5) is 8.78 Å². The Balaban J connectivity index is 3.41. The summed E-state index contributed by atoms with van der Waals surface area (Å²) >= 11 is 3.23. The smallest absolute Gasteiger partial charge is 0.308 e. The first kappa shape index (κ1) is 23.2. The Kier molecular flexibility index (Phi) is 7.52. The average molecular weight is 454 g/mol. The largest absolute Gasteiger partial charge is 0.460 e. The van der Waals surface area contributed by atoms with Gasteiger partial charge in [0.25, 0.3) is 0 Å². The molecule has 26 heavy (non-hydrogen) atoms. The van der Waals surface area contributed by atoms with Gasteiger partial charge in [0.2, 0.25) is 0 Å². The minimum atomic E-state index is -1.81. The lowest BCUT2D eigenvalue weighted by molar-refractivity contribution is -0.156. The molecule has 0 saturated carbocycles. The summed E-state index contributed by atoms with van der Waals surface area (Å²) in [6.07, 6.45) is -0.504. The zero-order valence-corrected chi connectivity index (χ0v) is 18.3. The van der Waals surface area contributed by atoms with Crippen LogP contribution in [-0.4, -0.2) is 27.2 Å². The van der Waals surface area contributed by atoms with Crippen LogP contribution in [0, 0.1) is 5.82 Å². The number of rotatable bonds is 6. The van der Waals surface area contributed by atoms with Gasteiger partial charge in [0.1, 0.15) is 18.1 Å². The molecular formula is C18H26BrF2NO3S. The van der Waals surface area contributed by atoms with Crippen LogP contribution < -0.4 is 4.72 Å². The Bertz CT molecular complexity index is 686. The van der Waals surface area contributed by atoms with Gasteiger partial charge in [-0.1, -0.05) is 15.9 Å². The van der Waals surface area contributed by atoms with Crippen molar-refractivity contribution in [2.45, 2.75) is 63.9 Å². The van der Waals surface area contributed by atoms with Gasteiger partial charge in [-0.05, 0) is 59.7 Å². The van der Waals surface area contributed by atoms with E-state index in [1.54, 1.807) is 41.5 Å². The van der Waals surface area contributed by atoms with Gasteiger partial charge in [0.15, 0.2) is 0 Å². The summed E-state index contributed by atoms with van der Waals surface area (Å²) < 4.78 is 49.1. The van der Waals surface area contributed by atoms with Crippen molar-refractivity contribution < 1.29 is 22.5 Å². The van der Waals surface area contributed by atoms with Gasteiger partial charge in [-0.15, -0.1) is 0 Å². The number of benzene rings is 1. The van der Waals surface area contributed by atoms with E-state index < -0.39 is 51.8 Å². The first-order valence-electron chi connectivity index (χ1n) is 8.13. The van der Waals surface area contributed by atoms with E-state index in [9.17, 15) is 17.8 Å². The number of nitrogens with one attached hydrogen (secondary N) is 1. The van der Waals surface area contributed by atoms with Crippen molar-refractivity contribution in [3.63, 3.8) is 0 Å². The Morgan fingerprint density at radius 1 is 1.23 bits per heavy atom. The number of carbonyl (C=O) groups excluding carboxylic acids is 1. The highest BCUT2D eigenvalue weighted by molar-refractivity contribution is 9.10. The molecule has 0 spiro atoms. The number of esters is 1. The molecule has 0 amide bonds. The molecule has 0 aliphatic rings. The number of hydrogen-bond acceptors (Lipinski definition) is 3. The zero-order valence-electron chi connectivity index (χ0n) is 15.9. The molecule has 1 aromatic carbocycles. The highest BCUT2D eigenvalue weighted by Crippen LogP contribution is 2.33. The topological polar surface area (TPSA) is 55.4 Å².